The highest BCUT2D eigenvalue weighted by Crippen LogP contribution is 2.21. The minimum absolute atomic E-state index is 0.140. The van der Waals surface area contributed by atoms with Gasteiger partial charge < -0.3 is 4.74 Å². The van der Waals surface area contributed by atoms with E-state index in [1.165, 1.54) is 0 Å². The second-order valence-electron chi connectivity index (χ2n) is 3.28. The standard InChI is InChI=1S/C8H16FNO/c1-6(11-3)8-4-7(9)5-10(8)2/h6-8H,4-5H2,1-3H3/t6-,7-,8?/m0/s1. The summed E-state index contributed by atoms with van der Waals surface area (Å²) in [4.78, 5) is 2.03. The minimum atomic E-state index is -0.664. The summed E-state index contributed by atoms with van der Waals surface area (Å²) in [5.74, 6) is 0. The smallest absolute Gasteiger partial charge is 0.114 e. The number of alkyl halides is 1. The van der Waals surface area contributed by atoms with E-state index in [0.717, 1.165) is 0 Å². The molecular weight excluding hydrogens is 145 g/mol. The van der Waals surface area contributed by atoms with Gasteiger partial charge in [0.2, 0.25) is 0 Å². The van der Waals surface area contributed by atoms with Crippen LogP contribution in [0.3, 0.4) is 0 Å². The van der Waals surface area contributed by atoms with E-state index in [2.05, 4.69) is 0 Å². The van der Waals surface area contributed by atoms with Crippen molar-refractivity contribution in [1.82, 2.24) is 4.90 Å². The zero-order valence-corrected chi connectivity index (χ0v) is 7.38. The third kappa shape index (κ3) is 1.91. The average molecular weight is 161 g/mol. The van der Waals surface area contributed by atoms with Gasteiger partial charge >= 0.3 is 0 Å². The SMILES string of the molecule is CO[C@@H](C)C1C[C@H](F)CN1C. The second kappa shape index (κ2) is 3.50. The lowest BCUT2D eigenvalue weighted by molar-refractivity contribution is 0.0529. The molecule has 1 saturated heterocycles. The Balaban J connectivity index is 2.45. The van der Waals surface area contributed by atoms with E-state index in [1.807, 2.05) is 18.9 Å². The van der Waals surface area contributed by atoms with Gasteiger partial charge in [-0.05, 0) is 20.4 Å². The molecule has 1 heterocycles. The van der Waals surface area contributed by atoms with Crippen molar-refractivity contribution in [3.8, 4) is 0 Å². The number of ether oxygens (including phenoxy) is 1. The number of nitrogens with zero attached hydrogens (tertiary/aromatic N) is 1. The molecule has 2 nitrogen and oxygen atoms in total. The van der Waals surface area contributed by atoms with Gasteiger partial charge in [0.15, 0.2) is 0 Å². The van der Waals surface area contributed by atoms with Gasteiger partial charge in [-0.25, -0.2) is 4.39 Å². The van der Waals surface area contributed by atoms with Crippen molar-refractivity contribution in [2.75, 3.05) is 20.7 Å². The molecule has 1 aliphatic heterocycles. The van der Waals surface area contributed by atoms with E-state index in [1.54, 1.807) is 7.11 Å². The number of rotatable bonds is 2. The first-order valence-corrected chi connectivity index (χ1v) is 4.02. The van der Waals surface area contributed by atoms with Crippen molar-refractivity contribution in [2.45, 2.75) is 31.7 Å². The summed E-state index contributed by atoms with van der Waals surface area (Å²) >= 11 is 0. The number of likely N-dealkylation sites (N-methyl/N-ethyl adjacent to an activating group) is 1. The van der Waals surface area contributed by atoms with Crippen LogP contribution in [-0.4, -0.2) is 43.9 Å². The Kier molecular flexibility index (Phi) is 2.84. The Morgan fingerprint density at radius 3 is 2.64 bits per heavy atom. The van der Waals surface area contributed by atoms with Crippen molar-refractivity contribution in [1.29, 1.82) is 0 Å². The normalized spacial score (nSPS) is 36.0. The minimum Gasteiger partial charge on any atom is -0.380 e. The lowest BCUT2D eigenvalue weighted by Gasteiger charge is -2.24. The first-order chi connectivity index (χ1) is 5.15. The summed E-state index contributed by atoms with van der Waals surface area (Å²) in [7, 11) is 3.61. The quantitative estimate of drug-likeness (QED) is 0.600. The second-order valence-corrected chi connectivity index (χ2v) is 3.28. The van der Waals surface area contributed by atoms with E-state index in [-0.39, 0.29) is 12.1 Å². The third-order valence-electron chi connectivity index (χ3n) is 2.46. The highest BCUT2D eigenvalue weighted by molar-refractivity contribution is 4.86. The molecule has 3 atom stereocenters. The first-order valence-electron chi connectivity index (χ1n) is 4.02. The van der Waals surface area contributed by atoms with E-state index in [4.69, 9.17) is 4.74 Å². The molecule has 1 aliphatic rings. The van der Waals surface area contributed by atoms with E-state index < -0.39 is 6.17 Å². The van der Waals surface area contributed by atoms with Gasteiger partial charge in [0.25, 0.3) is 0 Å². The Bertz CT molecular complexity index is 127. The van der Waals surface area contributed by atoms with E-state index in [0.29, 0.717) is 13.0 Å². The number of methoxy groups -OCH3 is 1. The van der Waals surface area contributed by atoms with Crippen LogP contribution in [0.1, 0.15) is 13.3 Å². The molecule has 0 radical (unpaired) electrons. The zero-order chi connectivity index (χ0) is 8.43. The number of hydrogen-bond acceptors (Lipinski definition) is 2. The third-order valence-corrected chi connectivity index (χ3v) is 2.46. The van der Waals surface area contributed by atoms with E-state index >= 15 is 0 Å². The van der Waals surface area contributed by atoms with Crippen LogP contribution >= 0.6 is 0 Å². The average Bonchev–Trinajstić information content (AvgIpc) is 2.28. The zero-order valence-electron chi connectivity index (χ0n) is 7.38. The van der Waals surface area contributed by atoms with Crippen molar-refractivity contribution >= 4 is 0 Å². The van der Waals surface area contributed by atoms with Crippen LogP contribution < -0.4 is 0 Å². The largest absolute Gasteiger partial charge is 0.380 e. The van der Waals surface area contributed by atoms with Crippen LogP contribution in [0.25, 0.3) is 0 Å². The molecule has 0 aromatic rings. The molecule has 0 aromatic carbocycles. The van der Waals surface area contributed by atoms with Crippen LogP contribution in [0.5, 0.6) is 0 Å². The Hall–Kier alpha value is -0.150. The Morgan fingerprint density at radius 1 is 1.64 bits per heavy atom. The van der Waals surface area contributed by atoms with Crippen molar-refractivity contribution in [2.24, 2.45) is 0 Å². The van der Waals surface area contributed by atoms with Crippen LogP contribution in [0.4, 0.5) is 4.39 Å². The van der Waals surface area contributed by atoms with Crippen molar-refractivity contribution in [3.05, 3.63) is 0 Å². The molecular formula is C8H16FNO. The lowest BCUT2D eigenvalue weighted by Crippen LogP contribution is -2.35. The van der Waals surface area contributed by atoms with Gasteiger partial charge in [-0.15, -0.1) is 0 Å². The maximum atomic E-state index is 12.8. The fraction of sp³-hybridized carbons (Fsp3) is 1.00. The maximum absolute atomic E-state index is 12.8. The molecule has 1 rings (SSSR count). The number of likely N-dealkylation sites (tertiary alicyclic amines) is 1. The van der Waals surface area contributed by atoms with Crippen molar-refractivity contribution in [3.63, 3.8) is 0 Å². The van der Waals surface area contributed by atoms with Crippen LogP contribution in [-0.2, 0) is 4.74 Å². The summed E-state index contributed by atoms with van der Waals surface area (Å²) in [6.07, 6.45) is 0.0919. The predicted molar refractivity (Wildman–Crippen MR) is 42.4 cm³/mol. The number of hydrogen-bond donors (Lipinski definition) is 0. The summed E-state index contributed by atoms with van der Waals surface area (Å²) in [6.45, 7) is 2.54. The van der Waals surface area contributed by atoms with Crippen LogP contribution in [0, 0.1) is 0 Å². The molecule has 1 fully saturated rings. The highest BCUT2D eigenvalue weighted by Gasteiger charge is 2.32. The monoisotopic (exact) mass is 161 g/mol. The maximum Gasteiger partial charge on any atom is 0.114 e. The van der Waals surface area contributed by atoms with Gasteiger partial charge in [-0.1, -0.05) is 0 Å². The van der Waals surface area contributed by atoms with Crippen molar-refractivity contribution < 1.29 is 9.13 Å². The molecule has 66 valence electrons. The molecule has 1 unspecified atom stereocenters. The molecule has 0 aliphatic carbocycles. The van der Waals surface area contributed by atoms with Crippen LogP contribution in [0.15, 0.2) is 0 Å². The Morgan fingerprint density at radius 2 is 2.27 bits per heavy atom. The summed E-state index contributed by atoms with van der Waals surface area (Å²) in [5, 5.41) is 0. The molecule has 0 N–H and O–H groups in total. The predicted octanol–water partition coefficient (Wildman–Crippen LogP) is 1.06. The van der Waals surface area contributed by atoms with Gasteiger partial charge in [0.1, 0.15) is 6.17 Å². The van der Waals surface area contributed by atoms with Crippen LogP contribution in [0.2, 0.25) is 0 Å². The molecule has 0 amide bonds. The van der Waals surface area contributed by atoms with Gasteiger partial charge in [0, 0.05) is 19.7 Å². The molecule has 0 aromatic heterocycles. The molecule has 0 saturated carbocycles. The topological polar surface area (TPSA) is 12.5 Å². The molecule has 0 spiro atoms. The highest BCUT2D eigenvalue weighted by atomic mass is 19.1. The van der Waals surface area contributed by atoms with Gasteiger partial charge in [-0.3, -0.25) is 4.90 Å². The first kappa shape index (κ1) is 8.94. The number of halogens is 1. The fourth-order valence-corrected chi connectivity index (χ4v) is 1.67. The summed E-state index contributed by atoms with van der Waals surface area (Å²) in [6, 6.07) is 0.259. The van der Waals surface area contributed by atoms with Gasteiger partial charge in [0.05, 0.1) is 6.10 Å². The molecule has 3 heteroatoms. The van der Waals surface area contributed by atoms with E-state index in [9.17, 15) is 4.39 Å². The van der Waals surface area contributed by atoms with Gasteiger partial charge in [-0.2, -0.15) is 0 Å². The summed E-state index contributed by atoms with van der Waals surface area (Å²) in [5.41, 5.74) is 0. The lowest BCUT2D eigenvalue weighted by atomic mass is 10.1. The molecule has 11 heavy (non-hydrogen) atoms. The molecule has 0 bridgehead atoms. The fourth-order valence-electron chi connectivity index (χ4n) is 1.67. The Labute approximate surface area is 67.3 Å². The summed E-state index contributed by atoms with van der Waals surface area (Å²) < 4.78 is 18.0.